The van der Waals surface area contributed by atoms with Crippen LogP contribution in [0.3, 0.4) is 0 Å². The van der Waals surface area contributed by atoms with E-state index in [4.69, 9.17) is 4.74 Å². The summed E-state index contributed by atoms with van der Waals surface area (Å²) in [5.74, 6) is -5.74. The van der Waals surface area contributed by atoms with Crippen molar-refractivity contribution in [2.24, 2.45) is 5.92 Å². The highest BCUT2D eigenvalue weighted by Crippen LogP contribution is 2.41. The molecule has 3 aliphatic rings. The molecular weight excluding hydrogens is 566 g/mol. The van der Waals surface area contributed by atoms with Crippen molar-refractivity contribution in [3.63, 3.8) is 0 Å². The predicted octanol–water partition coefficient (Wildman–Crippen LogP) is 1.90. The van der Waals surface area contributed by atoms with Crippen molar-refractivity contribution in [3.8, 4) is 11.8 Å². The van der Waals surface area contributed by atoms with E-state index in [0.717, 1.165) is 17.3 Å². The van der Waals surface area contributed by atoms with Crippen LogP contribution in [0.15, 0.2) is 18.3 Å². The van der Waals surface area contributed by atoms with E-state index in [9.17, 15) is 50.8 Å². The zero-order chi connectivity index (χ0) is 30.3. The van der Waals surface area contributed by atoms with E-state index in [1.807, 2.05) is 6.07 Å². The van der Waals surface area contributed by atoms with Gasteiger partial charge in [0.15, 0.2) is 11.6 Å². The molecule has 0 bridgehead atoms. The zero-order valence-electron chi connectivity index (χ0n) is 21.4. The second-order valence-corrected chi connectivity index (χ2v) is 10.2. The molecule has 2 fully saturated rings. The van der Waals surface area contributed by atoms with E-state index in [0.29, 0.717) is 17.7 Å². The van der Waals surface area contributed by atoms with Gasteiger partial charge in [0, 0.05) is 19.7 Å². The summed E-state index contributed by atoms with van der Waals surface area (Å²) in [6, 6.07) is -0.477. The number of ether oxygens (including phenoxy) is 1. The van der Waals surface area contributed by atoms with E-state index in [1.54, 1.807) is 0 Å². The molecule has 2 N–H and O–H groups in total. The first-order valence-electron chi connectivity index (χ1n) is 12.4. The van der Waals surface area contributed by atoms with Crippen LogP contribution in [0.1, 0.15) is 32.1 Å². The highest BCUT2D eigenvalue weighted by Gasteiger charge is 2.57. The Balaban J connectivity index is 1.60. The van der Waals surface area contributed by atoms with Gasteiger partial charge in [0.2, 0.25) is 17.4 Å². The van der Waals surface area contributed by atoms with Crippen molar-refractivity contribution in [2.45, 2.75) is 68.2 Å². The lowest BCUT2D eigenvalue weighted by Gasteiger charge is -2.35. The highest BCUT2D eigenvalue weighted by atomic mass is 19.4. The number of hydrogen-bond acceptors (Lipinski definition) is 7. The molecule has 17 heteroatoms. The Labute approximate surface area is 228 Å². The number of aromatic nitrogens is 1. The van der Waals surface area contributed by atoms with Gasteiger partial charge < -0.3 is 25.2 Å². The van der Waals surface area contributed by atoms with Gasteiger partial charge >= 0.3 is 18.3 Å². The Morgan fingerprint density at radius 2 is 1.98 bits per heavy atom. The van der Waals surface area contributed by atoms with Gasteiger partial charge in [-0.05, 0) is 24.5 Å². The van der Waals surface area contributed by atoms with Crippen molar-refractivity contribution < 1.29 is 50.3 Å². The van der Waals surface area contributed by atoms with E-state index >= 15 is 0 Å². The maximum atomic E-state index is 13.8. The lowest BCUT2D eigenvalue weighted by Crippen LogP contribution is -2.58. The summed E-state index contributed by atoms with van der Waals surface area (Å²) >= 11 is 0. The molecule has 1 saturated carbocycles. The molecule has 1 aromatic heterocycles. The number of likely N-dealkylation sites (tertiary alicyclic amines) is 1. The number of rotatable bonds is 7. The van der Waals surface area contributed by atoms with Crippen LogP contribution in [0.2, 0.25) is 0 Å². The van der Waals surface area contributed by atoms with Crippen LogP contribution in [-0.2, 0) is 19.2 Å². The number of hydrogen-bond donors (Lipinski definition) is 2. The molecular formula is C24H24F6N6O5. The second kappa shape index (κ2) is 10.7. The Hall–Kier alpha value is -4.10. The Morgan fingerprint density at radius 3 is 2.56 bits per heavy atom. The number of nitrogens with one attached hydrogen (secondary N) is 2. The normalized spacial score (nSPS) is 23.5. The molecule has 41 heavy (non-hydrogen) atoms. The number of anilines is 1. The summed E-state index contributed by atoms with van der Waals surface area (Å²) in [4.78, 5) is 56.8. The van der Waals surface area contributed by atoms with Crippen LogP contribution >= 0.6 is 0 Å². The fourth-order valence-electron chi connectivity index (χ4n) is 4.86. The van der Waals surface area contributed by atoms with E-state index in [-0.39, 0.29) is 30.3 Å². The van der Waals surface area contributed by atoms with Crippen LogP contribution in [-0.4, -0.2) is 88.1 Å². The van der Waals surface area contributed by atoms with Gasteiger partial charge in [0.25, 0.3) is 5.91 Å². The minimum absolute atomic E-state index is 0.0610. The van der Waals surface area contributed by atoms with Crippen molar-refractivity contribution in [3.05, 3.63) is 18.3 Å². The molecule has 11 nitrogen and oxygen atoms in total. The number of carbonyl (C=O) groups excluding carboxylic acids is 4. The summed E-state index contributed by atoms with van der Waals surface area (Å²) in [5.41, 5.74) is -1.71. The maximum Gasteiger partial charge on any atom is 0.471 e. The van der Waals surface area contributed by atoms with E-state index in [2.05, 4.69) is 10.3 Å². The van der Waals surface area contributed by atoms with Crippen molar-refractivity contribution >= 4 is 29.4 Å². The van der Waals surface area contributed by atoms with Gasteiger partial charge in [-0.2, -0.15) is 31.6 Å². The summed E-state index contributed by atoms with van der Waals surface area (Å²) in [7, 11) is 0.940. The second-order valence-electron chi connectivity index (χ2n) is 10.2. The average molecular weight is 590 g/mol. The van der Waals surface area contributed by atoms with Crippen molar-refractivity contribution in [1.82, 2.24) is 20.1 Å². The van der Waals surface area contributed by atoms with E-state index in [1.165, 1.54) is 18.3 Å². The fourth-order valence-corrected chi connectivity index (χ4v) is 4.86. The molecule has 1 saturated heterocycles. The predicted molar refractivity (Wildman–Crippen MR) is 125 cm³/mol. The molecule has 1 aromatic rings. The Morgan fingerprint density at radius 1 is 1.29 bits per heavy atom. The number of carbonyl (C=O) groups is 4. The van der Waals surface area contributed by atoms with E-state index < -0.39 is 72.7 Å². The molecule has 222 valence electrons. The summed E-state index contributed by atoms with van der Waals surface area (Å²) in [6.45, 7) is -0.454. The number of alkyl halides is 6. The quantitative estimate of drug-likeness (QED) is 0.462. The molecule has 1 aliphatic carbocycles. The minimum Gasteiger partial charge on any atom is -0.472 e. The van der Waals surface area contributed by atoms with Crippen LogP contribution in [0.5, 0.6) is 5.75 Å². The molecule has 1 spiro atoms. The van der Waals surface area contributed by atoms with Gasteiger partial charge in [-0.25, -0.2) is 4.98 Å². The third-order valence-electron chi connectivity index (χ3n) is 7.13. The molecule has 4 rings (SSSR count). The first-order valence-corrected chi connectivity index (χ1v) is 12.4. The molecule has 0 radical (unpaired) electrons. The number of likely N-dealkylation sites (N-methyl/N-ethyl adjacent to an activating group) is 1. The zero-order valence-corrected chi connectivity index (χ0v) is 21.4. The first kappa shape index (κ1) is 29.9. The maximum absolute atomic E-state index is 13.8. The smallest absolute Gasteiger partial charge is 0.471 e. The number of pyridine rings is 1. The third-order valence-corrected chi connectivity index (χ3v) is 7.13. The number of halogens is 6. The van der Waals surface area contributed by atoms with Gasteiger partial charge in [-0.15, -0.1) is 0 Å². The SMILES string of the molecule is CN(C(=O)C(CC(F)(F)F)NC(=O)C(F)(F)F)C(CC1CC1)C(=O)N1CC2(CC1C#N)Oc1cccnc1NC2=O. The monoisotopic (exact) mass is 590 g/mol. The summed E-state index contributed by atoms with van der Waals surface area (Å²) in [5, 5.41) is 13.4. The van der Waals surface area contributed by atoms with Crippen molar-refractivity contribution in [2.75, 3.05) is 18.9 Å². The number of fused-ring (bicyclic) bond motifs is 1. The van der Waals surface area contributed by atoms with Gasteiger partial charge in [-0.1, -0.05) is 12.8 Å². The average Bonchev–Trinajstić information content (AvgIpc) is 3.63. The van der Waals surface area contributed by atoms with Gasteiger partial charge in [0.1, 0.15) is 18.1 Å². The topological polar surface area (TPSA) is 145 Å². The summed E-state index contributed by atoms with van der Waals surface area (Å²) in [6.07, 6.45) is -10.5. The number of nitriles is 1. The third kappa shape index (κ3) is 6.46. The van der Waals surface area contributed by atoms with Crippen LogP contribution in [0, 0.1) is 17.2 Å². The van der Waals surface area contributed by atoms with Gasteiger partial charge in [-0.3, -0.25) is 19.2 Å². The fraction of sp³-hybridized carbons (Fsp3) is 0.583. The largest absolute Gasteiger partial charge is 0.472 e. The molecule has 3 heterocycles. The molecule has 4 atom stereocenters. The first-order chi connectivity index (χ1) is 19.0. The Kier molecular flexibility index (Phi) is 7.80. The van der Waals surface area contributed by atoms with Gasteiger partial charge in [0.05, 0.1) is 19.0 Å². The van der Waals surface area contributed by atoms with Crippen LogP contribution in [0.25, 0.3) is 0 Å². The van der Waals surface area contributed by atoms with Crippen LogP contribution < -0.4 is 15.4 Å². The number of nitrogens with zero attached hydrogens (tertiary/aromatic N) is 4. The summed E-state index contributed by atoms with van der Waals surface area (Å²) < 4.78 is 83.8. The molecule has 0 aromatic carbocycles. The lowest BCUT2D eigenvalue weighted by molar-refractivity contribution is -0.179. The van der Waals surface area contributed by atoms with Crippen LogP contribution in [0.4, 0.5) is 32.2 Å². The number of amides is 4. The lowest BCUT2D eigenvalue weighted by atomic mass is 9.97. The molecule has 4 unspecified atom stereocenters. The standard InChI is InChI=1S/C24H24F6N6O5/c1-35(18(37)14(9-23(25,26)27)33-21(40)24(28,29)30)15(7-12-4-5-12)19(38)36-11-22(8-13(36)10-31)20(39)34-17-16(41-22)3-2-6-32-17/h2-3,6,12-15H,4-5,7-9,11H2,1H3,(H,33,40)(H,32,34,39). The molecule has 2 aliphatic heterocycles. The Bertz CT molecular complexity index is 1280. The molecule has 4 amide bonds. The van der Waals surface area contributed by atoms with Crippen molar-refractivity contribution in [1.29, 1.82) is 5.26 Å². The highest BCUT2D eigenvalue weighted by molar-refractivity contribution is 6.01. The minimum atomic E-state index is -5.56.